The number of aromatic nitrogens is 2. The van der Waals surface area contributed by atoms with Crippen molar-refractivity contribution in [3.8, 4) is 11.3 Å². The summed E-state index contributed by atoms with van der Waals surface area (Å²) in [7, 11) is 0. The fraction of sp³-hybridized carbons (Fsp3) is 0.190. The fourth-order valence-electron chi connectivity index (χ4n) is 3.30. The minimum Gasteiger partial charge on any atom is -0.330 e. The molecule has 0 saturated heterocycles. The second-order valence-corrected chi connectivity index (χ2v) is 6.48. The Bertz CT molecular complexity index is 1030. The summed E-state index contributed by atoms with van der Waals surface area (Å²) < 4.78 is 2.19. The lowest BCUT2D eigenvalue weighted by Gasteiger charge is -2.12. The standard InChI is InChI=1S/C21H21N3/c1-14-7-10-19-23-20(21(15(2)12-22)24(19)13-14)18-9-8-16-5-3-4-6-17(16)11-18/h3-11,13,15H,12,22H2,1-2H3. The number of aryl methyl sites for hydroxylation is 1. The second-order valence-electron chi connectivity index (χ2n) is 6.48. The first-order valence-corrected chi connectivity index (χ1v) is 8.35. The number of pyridine rings is 1. The molecule has 0 radical (unpaired) electrons. The van der Waals surface area contributed by atoms with E-state index in [2.05, 4.69) is 79.0 Å². The van der Waals surface area contributed by atoms with Crippen molar-refractivity contribution in [1.82, 2.24) is 9.38 Å². The molecule has 24 heavy (non-hydrogen) atoms. The molecular formula is C21H21N3. The molecule has 2 N–H and O–H groups in total. The molecule has 4 aromatic rings. The highest BCUT2D eigenvalue weighted by Gasteiger charge is 2.18. The van der Waals surface area contributed by atoms with Gasteiger partial charge in [-0.05, 0) is 35.4 Å². The van der Waals surface area contributed by atoms with Gasteiger partial charge < -0.3 is 10.1 Å². The van der Waals surface area contributed by atoms with Crippen LogP contribution in [-0.2, 0) is 0 Å². The third-order valence-corrected chi connectivity index (χ3v) is 4.65. The van der Waals surface area contributed by atoms with Gasteiger partial charge in [-0.2, -0.15) is 0 Å². The van der Waals surface area contributed by atoms with E-state index >= 15 is 0 Å². The molecule has 0 aliphatic heterocycles. The van der Waals surface area contributed by atoms with Crippen molar-refractivity contribution in [1.29, 1.82) is 0 Å². The normalized spacial score (nSPS) is 12.8. The molecule has 0 aliphatic rings. The Morgan fingerprint density at radius 2 is 1.83 bits per heavy atom. The molecule has 3 heteroatoms. The van der Waals surface area contributed by atoms with E-state index < -0.39 is 0 Å². The van der Waals surface area contributed by atoms with Gasteiger partial charge in [0.15, 0.2) is 0 Å². The fourth-order valence-corrected chi connectivity index (χ4v) is 3.30. The molecule has 0 bridgehead atoms. The van der Waals surface area contributed by atoms with Gasteiger partial charge in [0.25, 0.3) is 0 Å². The van der Waals surface area contributed by atoms with Crippen molar-refractivity contribution in [2.75, 3.05) is 6.54 Å². The van der Waals surface area contributed by atoms with Gasteiger partial charge in [0.1, 0.15) is 5.65 Å². The lowest BCUT2D eigenvalue weighted by molar-refractivity contribution is 0.738. The van der Waals surface area contributed by atoms with Gasteiger partial charge in [-0.3, -0.25) is 0 Å². The van der Waals surface area contributed by atoms with E-state index in [1.54, 1.807) is 0 Å². The van der Waals surface area contributed by atoms with Crippen molar-refractivity contribution >= 4 is 16.4 Å². The summed E-state index contributed by atoms with van der Waals surface area (Å²) in [5, 5.41) is 2.48. The molecule has 1 unspecified atom stereocenters. The third kappa shape index (κ3) is 2.38. The average Bonchev–Trinajstić information content (AvgIpc) is 2.99. The molecule has 2 aromatic carbocycles. The lowest BCUT2D eigenvalue weighted by Crippen LogP contribution is -2.12. The summed E-state index contributed by atoms with van der Waals surface area (Å²) in [5.41, 5.74) is 11.5. The van der Waals surface area contributed by atoms with Crippen LogP contribution in [0.4, 0.5) is 0 Å². The number of imidazole rings is 1. The Morgan fingerprint density at radius 3 is 2.62 bits per heavy atom. The lowest BCUT2D eigenvalue weighted by atomic mass is 9.99. The molecule has 0 saturated carbocycles. The van der Waals surface area contributed by atoms with Gasteiger partial charge >= 0.3 is 0 Å². The van der Waals surface area contributed by atoms with Crippen LogP contribution in [0.15, 0.2) is 60.8 Å². The number of fused-ring (bicyclic) bond motifs is 2. The van der Waals surface area contributed by atoms with E-state index in [1.807, 2.05) is 0 Å². The Labute approximate surface area is 141 Å². The zero-order chi connectivity index (χ0) is 16.7. The maximum Gasteiger partial charge on any atom is 0.137 e. The minimum absolute atomic E-state index is 0.239. The molecule has 2 aromatic heterocycles. The zero-order valence-corrected chi connectivity index (χ0v) is 14.0. The maximum absolute atomic E-state index is 5.99. The summed E-state index contributed by atoms with van der Waals surface area (Å²) in [5.74, 6) is 0.239. The zero-order valence-electron chi connectivity index (χ0n) is 14.0. The summed E-state index contributed by atoms with van der Waals surface area (Å²) in [6, 6.07) is 19.1. The molecule has 3 nitrogen and oxygen atoms in total. The predicted molar refractivity (Wildman–Crippen MR) is 100 cm³/mol. The average molecular weight is 315 g/mol. The molecule has 0 spiro atoms. The smallest absolute Gasteiger partial charge is 0.137 e. The quantitative estimate of drug-likeness (QED) is 0.604. The summed E-state index contributed by atoms with van der Waals surface area (Å²) in [6.45, 7) is 4.87. The third-order valence-electron chi connectivity index (χ3n) is 4.65. The summed E-state index contributed by atoms with van der Waals surface area (Å²) in [4.78, 5) is 4.91. The monoisotopic (exact) mass is 315 g/mol. The van der Waals surface area contributed by atoms with Gasteiger partial charge in [-0.15, -0.1) is 0 Å². The second kappa shape index (κ2) is 5.77. The molecule has 4 rings (SSSR count). The largest absolute Gasteiger partial charge is 0.330 e. The minimum atomic E-state index is 0.239. The van der Waals surface area contributed by atoms with Crippen LogP contribution in [-0.4, -0.2) is 15.9 Å². The molecule has 120 valence electrons. The highest BCUT2D eigenvalue weighted by molar-refractivity contribution is 5.87. The molecule has 0 aliphatic carbocycles. The van der Waals surface area contributed by atoms with Crippen LogP contribution in [0, 0.1) is 6.92 Å². The maximum atomic E-state index is 5.99. The molecule has 1 atom stereocenters. The first-order valence-electron chi connectivity index (χ1n) is 8.35. The number of hydrogen-bond acceptors (Lipinski definition) is 2. The van der Waals surface area contributed by atoms with Crippen molar-refractivity contribution in [3.05, 3.63) is 72.1 Å². The Kier molecular flexibility index (Phi) is 3.58. The number of benzene rings is 2. The van der Waals surface area contributed by atoms with E-state index in [9.17, 15) is 0 Å². The Morgan fingerprint density at radius 1 is 1.04 bits per heavy atom. The van der Waals surface area contributed by atoms with Crippen LogP contribution in [0.5, 0.6) is 0 Å². The summed E-state index contributed by atoms with van der Waals surface area (Å²) >= 11 is 0. The van der Waals surface area contributed by atoms with Crippen molar-refractivity contribution in [2.45, 2.75) is 19.8 Å². The van der Waals surface area contributed by atoms with E-state index in [-0.39, 0.29) is 5.92 Å². The van der Waals surface area contributed by atoms with Gasteiger partial charge in [0.2, 0.25) is 0 Å². The van der Waals surface area contributed by atoms with Crippen LogP contribution in [0.1, 0.15) is 24.1 Å². The van der Waals surface area contributed by atoms with Crippen LogP contribution < -0.4 is 5.73 Å². The summed E-state index contributed by atoms with van der Waals surface area (Å²) in [6.07, 6.45) is 2.15. The topological polar surface area (TPSA) is 43.3 Å². The number of rotatable bonds is 3. The van der Waals surface area contributed by atoms with E-state index in [4.69, 9.17) is 10.7 Å². The van der Waals surface area contributed by atoms with Crippen LogP contribution in [0.2, 0.25) is 0 Å². The van der Waals surface area contributed by atoms with Crippen molar-refractivity contribution in [2.24, 2.45) is 5.73 Å². The molecule has 0 amide bonds. The molecular weight excluding hydrogens is 294 g/mol. The Balaban J connectivity index is 2.00. The highest BCUT2D eigenvalue weighted by atomic mass is 15.0. The van der Waals surface area contributed by atoms with Crippen molar-refractivity contribution < 1.29 is 0 Å². The number of nitrogens with two attached hydrogens (primary N) is 1. The molecule has 2 heterocycles. The van der Waals surface area contributed by atoms with Gasteiger partial charge in [0.05, 0.1) is 11.4 Å². The van der Waals surface area contributed by atoms with Gasteiger partial charge in [0, 0.05) is 24.2 Å². The Hall–Kier alpha value is -2.65. The van der Waals surface area contributed by atoms with E-state index in [0.29, 0.717) is 6.54 Å². The van der Waals surface area contributed by atoms with Crippen molar-refractivity contribution in [3.63, 3.8) is 0 Å². The van der Waals surface area contributed by atoms with E-state index in [0.717, 1.165) is 16.9 Å². The van der Waals surface area contributed by atoms with Gasteiger partial charge in [-0.1, -0.05) is 49.4 Å². The predicted octanol–water partition coefficient (Wildman–Crippen LogP) is 4.53. The van der Waals surface area contributed by atoms with Gasteiger partial charge in [-0.25, -0.2) is 4.98 Å². The first-order chi connectivity index (χ1) is 11.7. The van der Waals surface area contributed by atoms with E-state index in [1.165, 1.54) is 22.0 Å². The van der Waals surface area contributed by atoms with Crippen LogP contribution >= 0.6 is 0 Å². The number of hydrogen-bond donors (Lipinski definition) is 1. The SMILES string of the molecule is Cc1ccc2nc(-c3ccc4ccccc4c3)c(C(C)CN)n2c1. The number of nitrogens with zero attached hydrogens (tertiary/aromatic N) is 2. The first kappa shape index (κ1) is 14.9. The molecule has 0 fully saturated rings. The highest BCUT2D eigenvalue weighted by Crippen LogP contribution is 2.31. The van der Waals surface area contributed by atoms with Crippen LogP contribution in [0.3, 0.4) is 0 Å². The van der Waals surface area contributed by atoms with Crippen LogP contribution in [0.25, 0.3) is 27.7 Å².